The Morgan fingerprint density at radius 3 is 2.62 bits per heavy atom. The van der Waals surface area contributed by atoms with Gasteiger partial charge >= 0.3 is 0 Å². The molecule has 1 aliphatic carbocycles. The topological polar surface area (TPSA) is 29.9 Å². The van der Waals surface area contributed by atoms with Gasteiger partial charge in [-0.1, -0.05) is 13.3 Å². The second kappa shape index (κ2) is 4.89. The van der Waals surface area contributed by atoms with Gasteiger partial charge in [-0.05, 0) is 38.5 Å². The number of nitrogens with one attached hydrogen (secondary N) is 1. The molecule has 0 aliphatic heterocycles. The minimum absolute atomic E-state index is 0.659. The quantitative estimate of drug-likeness (QED) is 0.848. The third-order valence-electron chi connectivity index (χ3n) is 3.86. The Morgan fingerprint density at radius 2 is 2.06 bits per heavy atom. The zero-order valence-electron chi connectivity index (χ0n) is 10.7. The number of rotatable bonds is 3. The van der Waals surface area contributed by atoms with Gasteiger partial charge in [0.15, 0.2) is 0 Å². The maximum absolute atomic E-state index is 4.50. The highest BCUT2D eigenvalue weighted by atomic mass is 15.2. The van der Waals surface area contributed by atoms with E-state index in [-0.39, 0.29) is 0 Å². The van der Waals surface area contributed by atoms with Crippen molar-refractivity contribution in [1.82, 2.24) is 9.55 Å². The first-order chi connectivity index (χ1) is 7.74. The molecule has 0 unspecified atom stereocenters. The van der Waals surface area contributed by atoms with E-state index in [0.717, 1.165) is 17.6 Å². The van der Waals surface area contributed by atoms with Crippen molar-refractivity contribution in [3.8, 4) is 0 Å². The summed E-state index contributed by atoms with van der Waals surface area (Å²) in [6.07, 6.45) is 8.90. The summed E-state index contributed by atoms with van der Waals surface area (Å²) in [5.41, 5.74) is 1.11. The van der Waals surface area contributed by atoms with Crippen LogP contribution in [-0.2, 0) is 0 Å². The van der Waals surface area contributed by atoms with Gasteiger partial charge in [-0.15, -0.1) is 0 Å². The molecular formula is C13H23N3. The Labute approximate surface area is 98.3 Å². The van der Waals surface area contributed by atoms with E-state index in [1.54, 1.807) is 0 Å². The number of imidazole rings is 1. The molecule has 2 rings (SSSR count). The van der Waals surface area contributed by atoms with Crippen LogP contribution in [0.1, 0.15) is 50.8 Å². The minimum atomic E-state index is 0.659. The molecule has 1 aromatic rings. The van der Waals surface area contributed by atoms with Crippen LogP contribution in [0.2, 0.25) is 0 Å². The highest BCUT2D eigenvalue weighted by molar-refractivity contribution is 5.28. The predicted octanol–water partition coefficient (Wildman–Crippen LogP) is 3.37. The molecule has 1 aromatic heterocycles. The highest BCUT2D eigenvalue weighted by Crippen LogP contribution is 2.35. The SMILES string of the molecule is CCC1CCC(n2cc(C)nc2NC)CC1. The molecule has 0 radical (unpaired) electrons. The molecule has 16 heavy (non-hydrogen) atoms. The third-order valence-corrected chi connectivity index (χ3v) is 3.86. The maximum atomic E-state index is 4.50. The molecule has 0 atom stereocenters. The maximum Gasteiger partial charge on any atom is 0.203 e. The van der Waals surface area contributed by atoms with Crippen LogP contribution in [0, 0.1) is 12.8 Å². The largest absolute Gasteiger partial charge is 0.359 e. The molecule has 3 nitrogen and oxygen atoms in total. The summed E-state index contributed by atoms with van der Waals surface area (Å²) in [6.45, 7) is 4.38. The molecule has 0 bridgehead atoms. The van der Waals surface area contributed by atoms with Crippen molar-refractivity contribution in [2.45, 2.75) is 52.0 Å². The molecule has 1 heterocycles. The first-order valence-corrected chi connectivity index (χ1v) is 6.47. The van der Waals surface area contributed by atoms with Crippen molar-refractivity contribution in [2.24, 2.45) is 5.92 Å². The Bertz CT molecular complexity index is 335. The van der Waals surface area contributed by atoms with Crippen LogP contribution in [0.25, 0.3) is 0 Å². The van der Waals surface area contributed by atoms with Gasteiger partial charge < -0.3 is 9.88 Å². The van der Waals surface area contributed by atoms with Crippen LogP contribution in [0.4, 0.5) is 5.95 Å². The van der Waals surface area contributed by atoms with Crippen molar-refractivity contribution in [2.75, 3.05) is 12.4 Å². The minimum Gasteiger partial charge on any atom is -0.359 e. The van der Waals surface area contributed by atoms with Crippen molar-refractivity contribution in [3.05, 3.63) is 11.9 Å². The predicted molar refractivity (Wildman–Crippen MR) is 67.8 cm³/mol. The van der Waals surface area contributed by atoms with Crippen molar-refractivity contribution in [1.29, 1.82) is 0 Å². The van der Waals surface area contributed by atoms with Crippen LogP contribution >= 0.6 is 0 Å². The smallest absolute Gasteiger partial charge is 0.203 e. The van der Waals surface area contributed by atoms with E-state index in [9.17, 15) is 0 Å². The normalized spacial score (nSPS) is 25.7. The molecule has 3 heteroatoms. The summed E-state index contributed by atoms with van der Waals surface area (Å²) in [4.78, 5) is 4.50. The first kappa shape index (κ1) is 11.5. The average Bonchev–Trinajstić information content (AvgIpc) is 2.70. The second-order valence-electron chi connectivity index (χ2n) is 4.95. The monoisotopic (exact) mass is 221 g/mol. The van der Waals surface area contributed by atoms with Crippen LogP contribution < -0.4 is 5.32 Å². The summed E-state index contributed by atoms with van der Waals surface area (Å²) in [6, 6.07) is 0.659. The van der Waals surface area contributed by atoms with E-state index in [4.69, 9.17) is 0 Å². The summed E-state index contributed by atoms with van der Waals surface area (Å²) >= 11 is 0. The molecule has 90 valence electrons. The van der Waals surface area contributed by atoms with Crippen molar-refractivity contribution < 1.29 is 0 Å². The number of aryl methyl sites for hydroxylation is 1. The Kier molecular flexibility index (Phi) is 3.52. The average molecular weight is 221 g/mol. The van der Waals surface area contributed by atoms with Gasteiger partial charge in [0.05, 0.1) is 5.69 Å². The number of aromatic nitrogens is 2. The highest BCUT2D eigenvalue weighted by Gasteiger charge is 2.22. The Balaban J connectivity index is 2.07. The fourth-order valence-electron chi connectivity index (χ4n) is 2.81. The van der Waals surface area contributed by atoms with Gasteiger partial charge in [-0.2, -0.15) is 0 Å². The van der Waals surface area contributed by atoms with Gasteiger partial charge in [-0.25, -0.2) is 4.98 Å². The molecule has 1 aliphatic rings. The molecule has 0 amide bonds. The Hall–Kier alpha value is -0.990. The lowest BCUT2D eigenvalue weighted by atomic mass is 9.84. The van der Waals surface area contributed by atoms with Crippen LogP contribution in [0.3, 0.4) is 0 Å². The number of hydrogen-bond acceptors (Lipinski definition) is 2. The van der Waals surface area contributed by atoms with Crippen LogP contribution in [0.5, 0.6) is 0 Å². The molecular weight excluding hydrogens is 198 g/mol. The van der Waals surface area contributed by atoms with Crippen molar-refractivity contribution in [3.63, 3.8) is 0 Å². The van der Waals surface area contributed by atoms with E-state index in [0.29, 0.717) is 6.04 Å². The second-order valence-corrected chi connectivity index (χ2v) is 4.95. The summed E-state index contributed by atoms with van der Waals surface area (Å²) in [5, 5.41) is 3.19. The standard InChI is InChI=1S/C13H23N3/c1-4-11-5-7-12(8-6-11)16-9-10(2)15-13(16)14-3/h9,11-12H,4-8H2,1-3H3,(H,14,15). The first-order valence-electron chi connectivity index (χ1n) is 6.47. The van der Waals surface area contributed by atoms with Crippen LogP contribution in [0.15, 0.2) is 6.20 Å². The molecule has 0 saturated heterocycles. The zero-order chi connectivity index (χ0) is 11.5. The number of nitrogens with zero attached hydrogens (tertiary/aromatic N) is 2. The molecule has 1 saturated carbocycles. The van der Waals surface area contributed by atoms with Gasteiger partial charge in [0.2, 0.25) is 5.95 Å². The fraction of sp³-hybridized carbons (Fsp3) is 0.769. The van der Waals surface area contributed by atoms with Gasteiger partial charge in [-0.3, -0.25) is 0 Å². The number of hydrogen-bond donors (Lipinski definition) is 1. The van der Waals surface area contributed by atoms with E-state index in [1.165, 1.54) is 32.1 Å². The lowest BCUT2D eigenvalue weighted by molar-refractivity contribution is 0.271. The van der Waals surface area contributed by atoms with Gasteiger partial charge in [0, 0.05) is 19.3 Å². The van der Waals surface area contributed by atoms with Gasteiger partial charge in [0.25, 0.3) is 0 Å². The Morgan fingerprint density at radius 1 is 1.38 bits per heavy atom. The van der Waals surface area contributed by atoms with E-state index in [2.05, 4.69) is 34.9 Å². The van der Waals surface area contributed by atoms with E-state index >= 15 is 0 Å². The summed E-state index contributed by atoms with van der Waals surface area (Å²) in [5.74, 6) is 1.98. The van der Waals surface area contributed by atoms with E-state index < -0.39 is 0 Å². The van der Waals surface area contributed by atoms with Crippen molar-refractivity contribution >= 4 is 5.95 Å². The molecule has 0 spiro atoms. The molecule has 1 fully saturated rings. The lowest BCUT2D eigenvalue weighted by Crippen LogP contribution is -2.18. The van der Waals surface area contributed by atoms with Crippen LogP contribution in [-0.4, -0.2) is 16.6 Å². The summed E-state index contributed by atoms with van der Waals surface area (Å²) in [7, 11) is 1.95. The number of anilines is 1. The zero-order valence-corrected chi connectivity index (χ0v) is 10.7. The fourth-order valence-corrected chi connectivity index (χ4v) is 2.81. The molecule has 1 N–H and O–H groups in total. The third kappa shape index (κ3) is 2.23. The lowest BCUT2D eigenvalue weighted by Gasteiger charge is -2.29. The summed E-state index contributed by atoms with van der Waals surface area (Å²) < 4.78 is 2.33. The van der Waals surface area contributed by atoms with E-state index in [1.807, 2.05) is 7.05 Å². The molecule has 0 aromatic carbocycles. The van der Waals surface area contributed by atoms with Gasteiger partial charge in [0.1, 0.15) is 0 Å².